The maximum Gasteiger partial charge on any atom is 0.387 e. The Hall–Kier alpha value is -1.76. The standard InChI is InChI=1S/C12H15F3N2O2/c1-2-3-9(16)11(18)17-7-4-5-10(8(13)6-7)19-12(14)15/h4-6,9,12H,2-3,16H2,1H3,(H,17,18)/t9-/m1/s1. The lowest BCUT2D eigenvalue weighted by Crippen LogP contribution is -2.35. The number of amides is 1. The summed E-state index contributed by atoms with van der Waals surface area (Å²) in [6.45, 7) is -1.23. The van der Waals surface area contributed by atoms with E-state index >= 15 is 0 Å². The molecule has 0 aliphatic carbocycles. The van der Waals surface area contributed by atoms with Gasteiger partial charge in [0.15, 0.2) is 11.6 Å². The summed E-state index contributed by atoms with van der Waals surface area (Å²) in [7, 11) is 0. The van der Waals surface area contributed by atoms with Crippen LogP contribution in [0.2, 0.25) is 0 Å². The van der Waals surface area contributed by atoms with Crippen molar-refractivity contribution in [3.8, 4) is 5.75 Å². The van der Waals surface area contributed by atoms with Gasteiger partial charge in [-0.15, -0.1) is 0 Å². The van der Waals surface area contributed by atoms with Gasteiger partial charge in [-0.1, -0.05) is 13.3 Å². The Morgan fingerprint density at radius 3 is 2.68 bits per heavy atom. The molecular weight excluding hydrogens is 261 g/mol. The molecule has 0 aliphatic heterocycles. The van der Waals surface area contributed by atoms with E-state index in [1.807, 2.05) is 6.92 Å². The van der Waals surface area contributed by atoms with Gasteiger partial charge in [-0.05, 0) is 18.6 Å². The van der Waals surface area contributed by atoms with E-state index in [0.717, 1.165) is 18.6 Å². The number of benzene rings is 1. The molecule has 1 amide bonds. The van der Waals surface area contributed by atoms with E-state index in [1.54, 1.807) is 0 Å². The summed E-state index contributed by atoms with van der Waals surface area (Å²) in [6.07, 6.45) is 1.24. The first-order chi connectivity index (χ1) is 8.93. The molecule has 106 valence electrons. The molecule has 0 unspecified atom stereocenters. The minimum atomic E-state index is -3.10. The maximum atomic E-state index is 13.4. The third-order valence-electron chi connectivity index (χ3n) is 2.35. The molecule has 1 atom stereocenters. The molecule has 19 heavy (non-hydrogen) atoms. The SMILES string of the molecule is CCC[C@@H](N)C(=O)Nc1ccc(OC(F)F)c(F)c1. The molecule has 0 heterocycles. The third-order valence-corrected chi connectivity index (χ3v) is 2.35. The van der Waals surface area contributed by atoms with Gasteiger partial charge in [0.25, 0.3) is 0 Å². The van der Waals surface area contributed by atoms with E-state index in [1.165, 1.54) is 6.07 Å². The first-order valence-corrected chi connectivity index (χ1v) is 5.74. The van der Waals surface area contributed by atoms with Crippen molar-refractivity contribution in [3.63, 3.8) is 0 Å². The van der Waals surface area contributed by atoms with Crippen molar-refractivity contribution in [2.75, 3.05) is 5.32 Å². The van der Waals surface area contributed by atoms with Crippen LogP contribution >= 0.6 is 0 Å². The predicted octanol–water partition coefficient (Wildman–Crippen LogP) is 2.49. The highest BCUT2D eigenvalue weighted by atomic mass is 19.3. The molecule has 0 fully saturated rings. The van der Waals surface area contributed by atoms with E-state index < -0.39 is 30.1 Å². The number of alkyl halides is 2. The van der Waals surface area contributed by atoms with E-state index in [-0.39, 0.29) is 5.69 Å². The minimum Gasteiger partial charge on any atom is -0.432 e. The number of carbonyl (C=O) groups excluding carboxylic acids is 1. The largest absolute Gasteiger partial charge is 0.432 e. The summed E-state index contributed by atoms with van der Waals surface area (Å²) >= 11 is 0. The van der Waals surface area contributed by atoms with Crippen LogP contribution in [0.15, 0.2) is 18.2 Å². The molecule has 3 N–H and O–H groups in total. The Balaban J connectivity index is 2.70. The Morgan fingerprint density at radius 2 is 2.16 bits per heavy atom. The van der Waals surface area contributed by atoms with Gasteiger partial charge in [0.1, 0.15) is 0 Å². The smallest absolute Gasteiger partial charge is 0.387 e. The average Bonchev–Trinajstić information content (AvgIpc) is 2.32. The molecule has 1 rings (SSSR count). The second-order valence-electron chi connectivity index (χ2n) is 3.91. The number of hydrogen-bond donors (Lipinski definition) is 2. The number of halogens is 3. The van der Waals surface area contributed by atoms with Crippen LogP contribution in [0.5, 0.6) is 5.75 Å². The van der Waals surface area contributed by atoms with Crippen LogP contribution in [-0.2, 0) is 4.79 Å². The summed E-state index contributed by atoms with van der Waals surface area (Å²) in [6, 6.07) is 2.48. The molecule has 0 saturated heterocycles. The maximum absolute atomic E-state index is 13.4. The number of hydrogen-bond acceptors (Lipinski definition) is 3. The van der Waals surface area contributed by atoms with Crippen molar-refractivity contribution in [2.24, 2.45) is 5.73 Å². The van der Waals surface area contributed by atoms with Crippen LogP contribution in [0.4, 0.5) is 18.9 Å². The van der Waals surface area contributed by atoms with Crippen molar-refractivity contribution >= 4 is 11.6 Å². The van der Waals surface area contributed by atoms with Gasteiger partial charge >= 0.3 is 6.61 Å². The van der Waals surface area contributed by atoms with Crippen LogP contribution in [0.1, 0.15) is 19.8 Å². The highest BCUT2D eigenvalue weighted by Crippen LogP contribution is 2.22. The van der Waals surface area contributed by atoms with Gasteiger partial charge in [0.05, 0.1) is 6.04 Å². The zero-order chi connectivity index (χ0) is 14.4. The topological polar surface area (TPSA) is 64.4 Å². The molecule has 0 aromatic heterocycles. The van der Waals surface area contributed by atoms with Crippen LogP contribution in [0.25, 0.3) is 0 Å². The highest BCUT2D eigenvalue weighted by Gasteiger charge is 2.14. The van der Waals surface area contributed by atoms with Gasteiger partial charge in [0.2, 0.25) is 5.91 Å². The van der Waals surface area contributed by atoms with Gasteiger partial charge in [-0.25, -0.2) is 4.39 Å². The van der Waals surface area contributed by atoms with Gasteiger partial charge in [-0.3, -0.25) is 4.79 Å². The average molecular weight is 276 g/mol. The normalized spacial score (nSPS) is 12.3. The lowest BCUT2D eigenvalue weighted by molar-refractivity contribution is -0.117. The van der Waals surface area contributed by atoms with Crippen LogP contribution in [-0.4, -0.2) is 18.6 Å². The third kappa shape index (κ3) is 4.78. The Bertz CT molecular complexity index is 441. The number of rotatable bonds is 6. The van der Waals surface area contributed by atoms with Crippen molar-refractivity contribution in [3.05, 3.63) is 24.0 Å². The lowest BCUT2D eigenvalue weighted by atomic mass is 10.1. The first-order valence-electron chi connectivity index (χ1n) is 5.74. The Kier molecular flexibility index (Phi) is 5.62. The van der Waals surface area contributed by atoms with Crippen LogP contribution < -0.4 is 15.8 Å². The molecule has 1 aromatic carbocycles. The second-order valence-corrected chi connectivity index (χ2v) is 3.91. The van der Waals surface area contributed by atoms with Crippen molar-refractivity contribution < 1.29 is 22.7 Å². The van der Waals surface area contributed by atoms with Gasteiger partial charge in [-0.2, -0.15) is 8.78 Å². The summed E-state index contributed by atoms with van der Waals surface area (Å²) in [4.78, 5) is 11.6. The number of carbonyl (C=O) groups is 1. The lowest BCUT2D eigenvalue weighted by Gasteiger charge is -2.12. The Morgan fingerprint density at radius 1 is 1.47 bits per heavy atom. The molecule has 0 radical (unpaired) electrons. The molecule has 0 saturated carbocycles. The summed E-state index contributed by atoms with van der Waals surface area (Å²) in [5, 5.41) is 2.40. The minimum absolute atomic E-state index is 0.135. The molecule has 0 aliphatic rings. The van der Waals surface area contributed by atoms with Crippen LogP contribution in [0.3, 0.4) is 0 Å². The number of nitrogens with one attached hydrogen (secondary N) is 1. The van der Waals surface area contributed by atoms with E-state index in [0.29, 0.717) is 6.42 Å². The molecule has 1 aromatic rings. The van der Waals surface area contributed by atoms with E-state index in [9.17, 15) is 18.0 Å². The second kappa shape index (κ2) is 6.98. The zero-order valence-corrected chi connectivity index (χ0v) is 10.3. The molecule has 0 spiro atoms. The highest BCUT2D eigenvalue weighted by molar-refractivity contribution is 5.94. The Labute approximate surface area is 108 Å². The monoisotopic (exact) mass is 276 g/mol. The number of nitrogens with two attached hydrogens (primary N) is 1. The quantitative estimate of drug-likeness (QED) is 0.839. The molecule has 0 bridgehead atoms. The van der Waals surface area contributed by atoms with E-state index in [2.05, 4.69) is 10.1 Å². The predicted molar refractivity (Wildman–Crippen MR) is 64.5 cm³/mol. The van der Waals surface area contributed by atoms with E-state index in [4.69, 9.17) is 5.73 Å². The van der Waals surface area contributed by atoms with Crippen molar-refractivity contribution in [1.82, 2.24) is 0 Å². The fourth-order valence-corrected chi connectivity index (χ4v) is 1.45. The van der Waals surface area contributed by atoms with Gasteiger partial charge in [0, 0.05) is 11.8 Å². The van der Waals surface area contributed by atoms with Gasteiger partial charge < -0.3 is 15.8 Å². The molecular formula is C12H15F3N2O2. The first kappa shape index (κ1) is 15.3. The summed E-state index contributed by atoms with van der Waals surface area (Å²) in [5.41, 5.74) is 5.71. The van der Waals surface area contributed by atoms with Crippen LogP contribution in [0, 0.1) is 5.82 Å². The zero-order valence-electron chi connectivity index (χ0n) is 10.3. The fraction of sp³-hybridized carbons (Fsp3) is 0.417. The summed E-state index contributed by atoms with van der Waals surface area (Å²) in [5.74, 6) is -2.02. The number of ether oxygens (including phenoxy) is 1. The number of anilines is 1. The summed E-state index contributed by atoms with van der Waals surface area (Å²) < 4.78 is 41.2. The molecule has 7 heteroatoms. The fourth-order valence-electron chi connectivity index (χ4n) is 1.45. The molecule has 4 nitrogen and oxygen atoms in total. The van der Waals surface area contributed by atoms with Crippen molar-refractivity contribution in [1.29, 1.82) is 0 Å². The van der Waals surface area contributed by atoms with Crippen molar-refractivity contribution in [2.45, 2.75) is 32.4 Å².